The molecule has 1 aliphatic heterocycles. The molecule has 0 amide bonds. The Kier molecular flexibility index (Phi) is 5.31. The molecule has 6 nitrogen and oxygen atoms in total. The first-order valence-corrected chi connectivity index (χ1v) is 8.41. The van der Waals surface area contributed by atoms with Crippen molar-refractivity contribution in [3.05, 3.63) is 69.8 Å². The molecule has 1 unspecified atom stereocenters. The Bertz CT molecular complexity index is 734. The lowest BCUT2D eigenvalue weighted by Gasteiger charge is -2.37. The van der Waals surface area contributed by atoms with Gasteiger partial charge in [0.1, 0.15) is 6.23 Å². The van der Waals surface area contributed by atoms with Crippen molar-refractivity contribution in [3.8, 4) is 0 Å². The van der Waals surface area contributed by atoms with Gasteiger partial charge in [0.05, 0.1) is 11.5 Å². The highest BCUT2D eigenvalue weighted by Crippen LogP contribution is 2.36. The number of anilines is 1. The Morgan fingerprint density at radius 2 is 2.00 bits per heavy atom. The molecule has 0 aliphatic carbocycles. The molecule has 3 rings (SSSR count). The van der Waals surface area contributed by atoms with Crippen LogP contribution in [0.1, 0.15) is 23.8 Å². The Hall–Kier alpha value is -2.44. The maximum absolute atomic E-state index is 11.2. The van der Waals surface area contributed by atoms with E-state index in [1.807, 2.05) is 37.2 Å². The van der Waals surface area contributed by atoms with Gasteiger partial charge < -0.3 is 9.64 Å². The minimum atomic E-state index is -0.354. The smallest absolute Gasteiger partial charge is 0.270 e. The number of hydrogen-bond acceptors (Lipinski definition) is 5. The van der Waals surface area contributed by atoms with Gasteiger partial charge in [-0.1, -0.05) is 30.3 Å². The first-order chi connectivity index (χ1) is 12.1. The van der Waals surface area contributed by atoms with E-state index in [-0.39, 0.29) is 16.8 Å². The molecule has 1 saturated heterocycles. The molecule has 132 valence electrons. The molecule has 25 heavy (non-hydrogen) atoms. The van der Waals surface area contributed by atoms with Gasteiger partial charge in [-0.05, 0) is 18.1 Å². The Labute approximate surface area is 147 Å². The Morgan fingerprint density at radius 1 is 1.24 bits per heavy atom. The second-order valence-electron chi connectivity index (χ2n) is 6.43. The van der Waals surface area contributed by atoms with Crippen molar-refractivity contribution in [1.82, 2.24) is 4.90 Å². The highest BCUT2D eigenvalue weighted by atomic mass is 16.6. The summed E-state index contributed by atoms with van der Waals surface area (Å²) in [6, 6.07) is 15.2. The second kappa shape index (κ2) is 7.63. The molecule has 0 bridgehead atoms. The van der Waals surface area contributed by atoms with Crippen LogP contribution in [0.2, 0.25) is 0 Å². The summed E-state index contributed by atoms with van der Waals surface area (Å²) in [5, 5.41) is 11.2. The van der Waals surface area contributed by atoms with E-state index in [1.54, 1.807) is 18.2 Å². The van der Waals surface area contributed by atoms with Crippen LogP contribution in [0, 0.1) is 10.1 Å². The van der Waals surface area contributed by atoms with E-state index < -0.39 is 0 Å². The summed E-state index contributed by atoms with van der Waals surface area (Å²) in [7, 11) is 3.88. The average Bonchev–Trinajstić information content (AvgIpc) is 2.62. The van der Waals surface area contributed by atoms with Crippen molar-refractivity contribution < 1.29 is 9.66 Å². The van der Waals surface area contributed by atoms with Gasteiger partial charge in [-0.15, -0.1) is 0 Å². The largest absolute Gasteiger partial charge is 0.377 e. The standard InChI is InChI=1S/C19H23N3O3/c1-20(2)18-10-9-16(22(23)24)13-17(18)19-21(11-6-12-25-19)14-15-7-4-3-5-8-15/h3-5,7-10,13,19H,6,11-12,14H2,1-2H3. The minimum Gasteiger partial charge on any atom is -0.377 e. The summed E-state index contributed by atoms with van der Waals surface area (Å²) in [6.07, 6.45) is 0.668. The number of benzene rings is 2. The van der Waals surface area contributed by atoms with E-state index in [0.717, 1.165) is 30.8 Å². The molecule has 1 fully saturated rings. The van der Waals surface area contributed by atoms with Gasteiger partial charge in [0.15, 0.2) is 0 Å². The average molecular weight is 341 g/mol. The van der Waals surface area contributed by atoms with E-state index in [2.05, 4.69) is 17.0 Å². The van der Waals surface area contributed by atoms with Crippen LogP contribution < -0.4 is 4.90 Å². The van der Waals surface area contributed by atoms with Crippen LogP contribution in [0.5, 0.6) is 0 Å². The van der Waals surface area contributed by atoms with Crippen molar-refractivity contribution in [1.29, 1.82) is 0 Å². The van der Waals surface area contributed by atoms with Crippen molar-refractivity contribution in [2.45, 2.75) is 19.2 Å². The molecule has 1 heterocycles. The van der Waals surface area contributed by atoms with Crippen LogP contribution in [0.25, 0.3) is 0 Å². The third-order valence-corrected chi connectivity index (χ3v) is 4.40. The second-order valence-corrected chi connectivity index (χ2v) is 6.43. The van der Waals surface area contributed by atoms with E-state index in [4.69, 9.17) is 4.74 Å². The molecule has 0 saturated carbocycles. The van der Waals surface area contributed by atoms with Crippen LogP contribution in [-0.4, -0.2) is 37.1 Å². The first-order valence-electron chi connectivity index (χ1n) is 8.41. The van der Waals surface area contributed by atoms with Gasteiger partial charge in [-0.3, -0.25) is 15.0 Å². The number of hydrogen-bond donors (Lipinski definition) is 0. The molecule has 0 radical (unpaired) electrons. The van der Waals surface area contributed by atoms with Gasteiger partial charge in [0.25, 0.3) is 5.69 Å². The lowest BCUT2D eigenvalue weighted by molar-refractivity contribution is -0.385. The summed E-state index contributed by atoms with van der Waals surface area (Å²) in [5.41, 5.74) is 3.08. The first kappa shape index (κ1) is 17.4. The highest BCUT2D eigenvalue weighted by Gasteiger charge is 2.29. The molecule has 0 spiro atoms. The highest BCUT2D eigenvalue weighted by molar-refractivity contribution is 5.58. The van der Waals surface area contributed by atoms with Crippen LogP contribution in [0.15, 0.2) is 48.5 Å². The maximum atomic E-state index is 11.2. The summed E-state index contributed by atoms with van der Waals surface area (Å²) >= 11 is 0. The van der Waals surface area contributed by atoms with Crippen LogP contribution in [0.3, 0.4) is 0 Å². The zero-order valence-electron chi connectivity index (χ0n) is 14.6. The van der Waals surface area contributed by atoms with Crippen molar-refractivity contribution in [3.63, 3.8) is 0 Å². The van der Waals surface area contributed by atoms with E-state index in [9.17, 15) is 10.1 Å². The number of nitrogens with zero attached hydrogens (tertiary/aromatic N) is 3. The Morgan fingerprint density at radius 3 is 2.68 bits per heavy atom. The van der Waals surface area contributed by atoms with Crippen LogP contribution in [0.4, 0.5) is 11.4 Å². The SMILES string of the molecule is CN(C)c1ccc([N+](=O)[O-])cc1C1OCCCN1Cc1ccccc1. The molecule has 0 aromatic heterocycles. The fourth-order valence-corrected chi connectivity index (χ4v) is 3.21. The number of rotatable bonds is 5. The summed E-state index contributed by atoms with van der Waals surface area (Å²) in [4.78, 5) is 15.1. The van der Waals surface area contributed by atoms with Crippen molar-refractivity contribution in [2.24, 2.45) is 0 Å². The molecule has 2 aromatic carbocycles. The van der Waals surface area contributed by atoms with Crippen molar-refractivity contribution >= 4 is 11.4 Å². The molecule has 6 heteroatoms. The fourth-order valence-electron chi connectivity index (χ4n) is 3.21. The number of ether oxygens (including phenoxy) is 1. The van der Waals surface area contributed by atoms with Gasteiger partial charge in [0, 0.05) is 50.6 Å². The van der Waals surface area contributed by atoms with Crippen molar-refractivity contribution in [2.75, 3.05) is 32.1 Å². The third-order valence-electron chi connectivity index (χ3n) is 4.40. The summed E-state index contributed by atoms with van der Waals surface area (Å²) < 4.78 is 6.05. The molecular weight excluding hydrogens is 318 g/mol. The number of nitro groups is 1. The zero-order chi connectivity index (χ0) is 17.8. The fraction of sp³-hybridized carbons (Fsp3) is 0.368. The predicted molar refractivity (Wildman–Crippen MR) is 97.6 cm³/mol. The zero-order valence-corrected chi connectivity index (χ0v) is 14.6. The van der Waals surface area contributed by atoms with E-state index >= 15 is 0 Å². The van der Waals surface area contributed by atoms with Gasteiger partial charge in [0.2, 0.25) is 0 Å². The lowest BCUT2D eigenvalue weighted by Crippen LogP contribution is -2.37. The van der Waals surface area contributed by atoms with E-state index in [0.29, 0.717) is 6.61 Å². The third kappa shape index (κ3) is 3.97. The molecule has 1 aliphatic rings. The van der Waals surface area contributed by atoms with Gasteiger partial charge in [-0.2, -0.15) is 0 Å². The molecule has 0 N–H and O–H groups in total. The summed E-state index contributed by atoms with van der Waals surface area (Å²) in [5.74, 6) is 0. The predicted octanol–water partition coefficient (Wildman–Crippen LogP) is 3.58. The van der Waals surface area contributed by atoms with Gasteiger partial charge >= 0.3 is 0 Å². The van der Waals surface area contributed by atoms with Gasteiger partial charge in [-0.25, -0.2) is 0 Å². The Balaban J connectivity index is 1.96. The molecule has 1 atom stereocenters. The number of nitro benzene ring substituents is 1. The summed E-state index contributed by atoms with van der Waals surface area (Å²) in [6.45, 7) is 2.31. The minimum absolute atomic E-state index is 0.0921. The maximum Gasteiger partial charge on any atom is 0.270 e. The quantitative estimate of drug-likeness (QED) is 0.614. The lowest BCUT2D eigenvalue weighted by atomic mass is 10.1. The normalized spacial score (nSPS) is 18.1. The van der Waals surface area contributed by atoms with Crippen LogP contribution >= 0.6 is 0 Å². The molecular formula is C19H23N3O3. The molecule has 2 aromatic rings. The van der Waals surface area contributed by atoms with Crippen LogP contribution in [-0.2, 0) is 11.3 Å². The van der Waals surface area contributed by atoms with E-state index in [1.165, 1.54) is 5.56 Å². The monoisotopic (exact) mass is 341 g/mol. The topological polar surface area (TPSA) is 58.9 Å². The number of non-ortho nitro benzene ring substituents is 1.